The van der Waals surface area contributed by atoms with Gasteiger partial charge in [0.2, 0.25) is 0 Å². The van der Waals surface area contributed by atoms with E-state index in [2.05, 4.69) is 10.1 Å². The van der Waals surface area contributed by atoms with E-state index in [4.69, 9.17) is 10.5 Å². The Morgan fingerprint density at radius 2 is 2.21 bits per heavy atom. The molecule has 0 amide bonds. The van der Waals surface area contributed by atoms with Gasteiger partial charge >= 0.3 is 0 Å². The van der Waals surface area contributed by atoms with Gasteiger partial charge in [0.15, 0.2) is 0 Å². The lowest BCUT2D eigenvalue weighted by Crippen LogP contribution is -2.23. The van der Waals surface area contributed by atoms with Gasteiger partial charge in [0.05, 0.1) is 12.6 Å². The minimum Gasteiger partial charge on any atom is -0.381 e. The molecule has 1 aliphatic heterocycles. The summed E-state index contributed by atoms with van der Waals surface area (Å²) < 4.78 is 7.21. The van der Waals surface area contributed by atoms with Crippen molar-refractivity contribution in [1.82, 2.24) is 14.8 Å². The normalized spacial score (nSPS) is 17.8. The first-order chi connectivity index (χ1) is 6.42. The summed E-state index contributed by atoms with van der Waals surface area (Å²) >= 11 is 0. The summed E-state index contributed by atoms with van der Waals surface area (Å²) in [4.78, 5) is 4.10. The zero-order valence-electron chi connectivity index (χ0n) is 7.93. The highest BCUT2D eigenvalue weighted by atomic mass is 35.5. The number of nitrogens with two attached hydrogens (primary N) is 1. The molecule has 0 unspecified atom stereocenters. The maximum absolute atomic E-state index is 5.55. The fourth-order valence-corrected chi connectivity index (χ4v) is 1.65. The largest absolute Gasteiger partial charge is 0.381 e. The molecule has 6 heteroatoms. The molecule has 0 radical (unpaired) electrons. The Morgan fingerprint density at radius 3 is 2.86 bits per heavy atom. The van der Waals surface area contributed by atoms with Crippen LogP contribution in [0.2, 0.25) is 0 Å². The van der Waals surface area contributed by atoms with Crippen molar-refractivity contribution >= 4 is 12.4 Å². The van der Waals surface area contributed by atoms with Gasteiger partial charge in [0.1, 0.15) is 12.2 Å². The van der Waals surface area contributed by atoms with Crippen LogP contribution in [0.4, 0.5) is 0 Å². The molecule has 0 bridgehead atoms. The number of halogens is 1. The van der Waals surface area contributed by atoms with Crippen LogP contribution in [0, 0.1) is 0 Å². The van der Waals surface area contributed by atoms with Crippen LogP contribution < -0.4 is 5.73 Å². The number of hydrogen-bond acceptors (Lipinski definition) is 4. The van der Waals surface area contributed by atoms with Crippen molar-refractivity contribution < 1.29 is 4.74 Å². The lowest BCUT2D eigenvalue weighted by atomic mass is 10.1. The molecule has 1 aromatic heterocycles. The third-order valence-corrected chi connectivity index (χ3v) is 2.37. The first kappa shape index (κ1) is 11.4. The summed E-state index contributed by atoms with van der Waals surface area (Å²) in [6.45, 7) is 2.08. The van der Waals surface area contributed by atoms with Gasteiger partial charge in [0.25, 0.3) is 0 Å². The minimum atomic E-state index is 0. The molecule has 0 aliphatic carbocycles. The van der Waals surface area contributed by atoms with Gasteiger partial charge in [-0.15, -0.1) is 12.4 Å². The molecular formula is C8H15ClN4O. The Hall–Kier alpha value is -0.650. The Bertz CT molecular complexity index is 272. The first-order valence-electron chi connectivity index (χ1n) is 4.58. The second kappa shape index (κ2) is 5.29. The van der Waals surface area contributed by atoms with Crippen molar-refractivity contribution in [3.63, 3.8) is 0 Å². The second-order valence-electron chi connectivity index (χ2n) is 3.17. The Labute approximate surface area is 89.0 Å². The van der Waals surface area contributed by atoms with Crippen LogP contribution in [0.25, 0.3) is 0 Å². The Morgan fingerprint density at radius 1 is 1.50 bits per heavy atom. The number of rotatable bonds is 2. The number of ether oxygens (including phenoxy) is 1. The molecular weight excluding hydrogens is 204 g/mol. The molecule has 0 atom stereocenters. The van der Waals surface area contributed by atoms with E-state index in [1.165, 1.54) is 0 Å². The second-order valence-corrected chi connectivity index (χ2v) is 3.17. The zero-order valence-corrected chi connectivity index (χ0v) is 8.74. The van der Waals surface area contributed by atoms with Crippen LogP contribution in [-0.2, 0) is 11.3 Å². The third-order valence-electron chi connectivity index (χ3n) is 2.37. The average molecular weight is 219 g/mol. The minimum absolute atomic E-state index is 0. The molecule has 0 aromatic carbocycles. The molecule has 1 aromatic rings. The van der Waals surface area contributed by atoms with E-state index >= 15 is 0 Å². The fraction of sp³-hybridized carbons (Fsp3) is 0.750. The van der Waals surface area contributed by atoms with Crippen molar-refractivity contribution in [3.8, 4) is 0 Å². The molecule has 14 heavy (non-hydrogen) atoms. The first-order valence-corrected chi connectivity index (χ1v) is 4.58. The van der Waals surface area contributed by atoms with Crippen LogP contribution in [0.5, 0.6) is 0 Å². The van der Waals surface area contributed by atoms with Crippen LogP contribution in [0.3, 0.4) is 0 Å². The number of aromatic nitrogens is 3. The van der Waals surface area contributed by atoms with Crippen LogP contribution in [0.1, 0.15) is 24.7 Å². The average Bonchev–Trinajstić information content (AvgIpc) is 2.67. The van der Waals surface area contributed by atoms with E-state index < -0.39 is 0 Å². The van der Waals surface area contributed by atoms with E-state index in [1.54, 1.807) is 6.33 Å². The third kappa shape index (κ3) is 2.23. The Kier molecular flexibility index (Phi) is 4.31. The molecule has 2 heterocycles. The molecule has 1 fully saturated rings. The van der Waals surface area contributed by atoms with Crippen LogP contribution >= 0.6 is 12.4 Å². The van der Waals surface area contributed by atoms with Crippen LogP contribution in [0.15, 0.2) is 6.33 Å². The fourth-order valence-electron chi connectivity index (χ4n) is 1.65. The molecule has 0 saturated carbocycles. The highest BCUT2D eigenvalue weighted by molar-refractivity contribution is 5.85. The predicted octanol–water partition coefficient (Wildman–Crippen LogP) is 0.510. The maximum atomic E-state index is 5.55. The van der Waals surface area contributed by atoms with Crippen molar-refractivity contribution in [2.45, 2.75) is 25.4 Å². The molecule has 5 nitrogen and oxygen atoms in total. The summed E-state index contributed by atoms with van der Waals surface area (Å²) in [6, 6.07) is 0.426. The van der Waals surface area contributed by atoms with Gasteiger partial charge in [-0.05, 0) is 12.8 Å². The molecule has 2 N–H and O–H groups in total. The molecule has 2 rings (SSSR count). The lowest BCUT2D eigenvalue weighted by Gasteiger charge is -2.23. The number of nitrogens with zero attached hydrogens (tertiary/aromatic N) is 3. The van der Waals surface area contributed by atoms with Crippen molar-refractivity contribution in [3.05, 3.63) is 12.2 Å². The topological polar surface area (TPSA) is 66.0 Å². The standard InChI is InChI=1S/C8H14N4O.ClH/c9-5-8-10-6-11-12(8)7-1-3-13-4-2-7;/h6-7H,1-5,9H2;1H. The van der Waals surface area contributed by atoms with Gasteiger partial charge in [-0.2, -0.15) is 5.10 Å². The van der Waals surface area contributed by atoms with E-state index in [0.717, 1.165) is 31.9 Å². The van der Waals surface area contributed by atoms with Gasteiger partial charge in [-0.1, -0.05) is 0 Å². The van der Waals surface area contributed by atoms with Gasteiger partial charge < -0.3 is 10.5 Å². The monoisotopic (exact) mass is 218 g/mol. The van der Waals surface area contributed by atoms with Gasteiger partial charge in [-0.25, -0.2) is 9.67 Å². The molecule has 0 spiro atoms. The quantitative estimate of drug-likeness (QED) is 0.786. The zero-order chi connectivity index (χ0) is 9.10. The highest BCUT2D eigenvalue weighted by Gasteiger charge is 2.18. The highest BCUT2D eigenvalue weighted by Crippen LogP contribution is 2.20. The maximum Gasteiger partial charge on any atom is 0.140 e. The van der Waals surface area contributed by atoms with E-state index in [-0.39, 0.29) is 12.4 Å². The SMILES string of the molecule is Cl.NCc1ncnn1C1CCOCC1. The summed E-state index contributed by atoms with van der Waals surface area (Å²) in [7, 11) is 0. The van der Waals surface area contributed by atoms with Gasteiger partial charge in [-0.3, -0.25) is 0 Å². The molecule has 1 saturated heterocycles. The molecule has 1 aliphatic rings. The van der Waals surface area contributed by atoms with Crippen molar-refractivity contribution in [2.24, 2.45) is 5.73 Å². The van der Waals surface area contributed by atoms with E-state index in [9.17, 15) is 0 Å². The van der Waals surface area contributed by atoms with Crippen molar-refractivity contribution in [1.29, 1.82) is 0 Å². The summed E-state index contributed by atoms with van der Waals surface area (Å²) in [5.74, 6) is 0.868. The van der Waals surface area contributed by atoms with Crippen molar-refractivity contribution in [2.75, 3.05) is 13.2 Å². The van der Waals surface area contributed by atoms with Crippen LogP contribution in [-0.4, -0.2) is 28.0 Å². The summed E-state index contributed by atoms with van der Waals surface area (Å²) in [5, 5.41) is 4.18. The smallest absolute Gasteiger partial charge is 0.140 e. The van der Waals surface area contributed by atoms with Gasteiger partial charge in [0, 0.05) is 13.2 Å². The summed E-state index contributed by atoms with van der Waals surface area (Å²) in [6.07, 6.45) is 3.59. The predicted molar refractivity (Wildman–Crippen MR) is 54.3 cm³/mol. The van der Waals surface area contributed by atoms with E-state index in [1.807, 2.05) is 4.68 Å². The summed E-state index contributed by atoms with van der Waals surface area (Å²) in [5.41, 5.74) is 5.55. The number of hydrogen-bond donors (Lipinski definition) is 1. The lowest BCUT2D eigenvalue weighted by molar-refractivity contribution is 0.0653. The van der Waals surface area contributed by atoms with E-state index in [0.29, 0.717) is 12.6 Å². The Balaban J connectivity index is 0.000000980. The molecule has 80 valence electrons.